The minimum Gasteiger partial charge on any atom is -0.496 e. The molecule has 25 heavy (non-hydrogen) atoms. The normalized spacial score (nSPS) is 13.6. The Balaban J connectivity index is 1.57. The summed E-state index contributed by atoms with van der Waals surface area (Å²) in [6.45, 7) is 2.21. The number of aromatic amines is 1. The van der Waals surface area contributed by atoms with E-state index >= 15 is 0 Å². The third-order valence-electron chi connectivity index (χ3n) is 4.62. The Morgan fingerprint density at radius 2 is 2.04 bits per heavy atom. The van der Waals surface area contributed by atoms with Crippen molar-refractivity contribution in [3.05, 3.63) is 54.2 Å². The van der Waals surface area contributed by atoms with Crippen LogP contribution in [0.4, 0.5) is 5.82 Å². The van der Waals surface area contributed by atoms with E-state index in [9.17, 15) is 0 Å². The quantitative estimate of drug-likeness (QED) is 0.750. The first-order valence-corrected chi connectivity index (χ1v) is 8.56. The number of pyridine rings is 1. The molecule has 0 atom stereocenters. The zero-order valence-corrected chi connectivity index (χ0v) is 14.3. The summed E-state index contributed by atoms with van der Waals surface area (Å²) >= 11 is 0. The van der Waals surface area contributed by atoms with Gasteiger partial charge in [-0.2, -0.15) is 5.10 Å². The van der Waals surface area contributed by atoms with E-state index in [-0.39, 0.29) is 0 Å². The number of hydrogen-bond acceptors (Lipinski definition) is 5. The molecule has 6 nitrogen and oxygen atoms in total. The maximum atomic E-state index is 5.55. The Kier molecular flexibility index (Phi) is 4.33. The number of aromatic nitrogens is 4. The number of rotatable bonds is 6. The van der Waals surface area contributed by atoms with Crippen LogP contribution in [0.5, 0.6) is 5.75 Å². The van der Waals surface area contributed by atoms with E-state index in [4.69, 9.17) is 4.74 Å². The first kappa shape index (κ1) is 15.6. The molecule has 1 aliphatic heterocycles. The van der Waals surface area contributed by atoms with Crippen molar-refractivity contribution in [3.8, 4) is 16.9 Å². The number of aryl methyl sites for hydroxylation is 2. The topological polar surface area (TPSA) is 66.9 Å². The molecule has 0 radical (unpaired) electrons. The summed E-state index contributed by atoms with van der Waals surface area (Å²) in [4.78, 5) is 11.1. The molecule has 1 fully saturated rings. The average molecular weight is 335 g/mol. The van der Waals surface area contributed by atoms with Gasteiger partial charge in [0.05, 0.1) is 7.11 Å². The standard InChI is InChI=1S/C19H21N5O/c1-25-17-6-3-14(4-7-18-21-13-22-23-18)11-16(17)15-5-8-19(20-12-15)24-9-2-10-24/h3,5-6,8,11-13H,2,4,7,9-10H2,1H3,(H,21,22,23). The Morgan fingerprint density at radius 3 is 2.68 bits per heavy atom. The molecule has 0 bridgehead atoms. The number of H-pyrrole nitrogens is 1. The van der Waals surface area contributed by atoms with Crippen LogP contribution in [-0.4, -0.2) is 40.4 Å². The summed E-state index contributed by atoms with van der Waals surface area (Å²) in [5.74, 6) is 2.82. The monoisotopic (exact) mass is 335 g/mol. The van der Waals surface area contributed by atoms with Gasteiger partial charge in [-0.1, -0.05) is 6.07 Å². The molecule has 0 unspecified atom stereocenters. The fourth-order valence-corrected chi connectivity index (χ4v) is 3.03. The summed E-state index contributed by atoms with van der Waals surface area (Å²) in [7, 11) is 1.70. The highest BCUT2D eigenvalue weighted by Gasteiger charge is 2.16. The highest BCUT2D eigenvalue weighted by Crippen LogP contribution is 2.32. The molecule has 1 N–H and O–H groups in total. The lowest BCUT2D eigenvalue weighted by molar-refractivity contribution is 0.416. The van der Waals surface area contributed by atoms with Crippen LogP contribution in [0.25, 0.3) is 11.1 Å². The molecular weight excluding hydrogens is 314 g/mol. The second kappa shape index (κ2) is 6.93. The molecule has 4 rings (SSSR count). The van der Waals surface area contributed by atoms with Gasteiger partial charge < -0.3 is 9.64 Å². The number of anilines is 1. The second-order valence-corrected chi connectivity index (χ2v) is 6.21. The zero-order chi connectivity index (χ0) is 17.1. The molecule has 2 aromatic heterocycles. The first-order valence-electron chi connectivity index (χ1n) is 8.56. The third kappa shape index (κ3) is 3.33. The van der Waals surface area contributed by atoms with Gasteiger partial charge in [0.25, 0.3) is 0 Å². The van der Waals surface area contributed by atoms with Crippen LogP contribution in [-0.2, 0) is 12.8 Å². The van der Waals surface area contributed by atoms with Gasteiger partial charge in [-0.3, -0.25) is 5.10 Å². The molecule has 1 saturated heterocycles. The van der Waals surface area contributed by atoms with Crippen molar-refractivity contribution in [2.24, 2.45) is 0 Å². The van der Waals surface area contributed by atoms with Crippen LogP contribution in [0.2, 0.25) is 0 Å². The van der Waals surface area contributed by atoms with E-state index in [1.807, 2.05) is 12.3 Å². The smallest absolute Gasteiger partial charge is 0.137 e. The minimum absolute atomic E-state index is 0.831. The molecule has 0 aliphatic carbocycles. The lowest BCUT2D eigenvalue weighted by Gasteiger charge is -2.32. The Morgan fingerprint density at radius 1 is 1.12 bits per heavy atom. The maximum Gasteiger partial charge on any atom is 0.137 e. The summed E-state index contributed by atoms with van der Waals surface area (Å²) in [6, 6.07) is 10.5. The summed E-state index contributed by atoms with van der Waals surface area (Å²) < 4.78 is 5.55. The van der Waals surface area contributed by atoms with E-state index in [1.165, 1.54) is 12.0 Å². The van der Waals surface area contributed by atoms with Crippen molar-refractivity contribution in [2.75, 3.05) is 25.1 Å². The highest BCUT2D eigenvalue weighted by atomic mass is 16.5. The van der Waals surface area contributed by atoms with Gasteiger partial charge in [-0.05, 0) is 42.7 Å². The number of nitrogens with zero attached hydrogens (tertiary/aromatic N) is 4. The lowest BCUT2D eigenvalue weighted by atomic mass is 10.0. The van der Waals surface area contributed by atoms with Crippen LogP contribution in [0.15, 0.2) is 42.9 Å². The predicted molar refractivity (Wildman–Crippen MR) is 96.8 cm³/mol. The molecule has 3 heterocycles. The SMILES string of the molecule is COc1ccc(CCc2ncn[nH]2)cc1-c1ccc(N2CCC2)nc1. The van der Waals surface area contributed by atoms with Gasteiger partial charge in [0.1, 0.15) is 23.7 Å². The minimum atomic E-state index is 0.831. The van der Waals surface area contributed by atoms with Crippen LogP contribution >= 0.6 is 0 Å². The molecule has 0 saturated carbocycles. The van der Waals surface area contributed by atoms with Gasteiger partial charge in [-0.15, -0.1) is 0 Å². The van der Waals surface area contributed by atoms with Crippen molar-refractivity contribution in [2.45, 2.75) is 19.3 Å². The van der Waals surface area contributed by atoms with Crippen molar-refractivity contribution in [1.82, 2.24) is 20.2 Å². The van der Waals surface area contributed by atoms with Crippen LogP contribution in [0, 0.1) is 0 Å². The lowest BCUT2D eigenvalue weighted by Crippen LogP contribution is -2.37. The van der Waals surface area contributed by atoms with Gasteiger partial charge in [0.2, 0.25) is 0 Å². The van der Waals surface area contributed by atoms with E-state index in [1.54, 1.807) is 13.4 Å². The van der Waals surface area contributed by atoms with E-state index < -0.39 is 0 Å². The van der Waals surface area contributed by atoms with Gasteiger partial charge in [0.15, 0.2) is 0 Å². The first-order chi connectivity index (χ1) is 12.3. The Labute approximate surface area is 146 Å². The van der Waals surface area contributed by atoms with Gasteiger partial charge in [-0.25, -0.2) is 9.97 Å². The average Bonchev–Trinajstić information content (AvgIpc) is 3.12. The largest absolute Gasteiger partial charge is 0.496 e. The fourth-order valence-electron chi connectivity index (χ4n) is 3.03. The van der Waals surface area contributed by atoms with Crippen molar-refractivity contribution in [3.63, 3.8) is 0 Å². The van der Waals surface area contributed by atoms with E-state index in [0.29, 0.717) is 0 Å². The van der Waals surface area contributed by atoms with Crippen molar-refractivity contribution < 1.29 is 4.74 Å². The fraction of sp³-hybridized carbons (Fsp3) is 0.316. The molecular formula is C19H21N5O. The second-order valence-electron chi connectivity index (χ2n) is 6.21. The highest BCUT2D eigenvalue weighted by molar-refractivity contribution is 5.71. The van der Waals surface area contributed by atoms with Gasteiger partial charge >= 0.3 is 0 Å². The Hall–Kier alpha value is -2.89. The molecule has 6 heteroatoms. The van der Waals surface area contributed by atoms with Crippen LogP contribution < -0.4 is 9.64 Å². The third-order valence-corrected chi connectivity index (χ3v) is 4.62. The van der Waals surface area contributed by atoms with Crippen LogP contribution in [0.3, 0.4) is 0 Å². The molecule has 0 spiro atoms. The molecule has 128 valence electrons. The number of nitrogens with one attached hydrogen (secondary N) is 1. The number of methoxy groups -OCH3 is 1. The molecule has 1 aromatic carbocycles. The van der Waals surface area contributed by atoms with Crippen molar-refractivity contribution >= 4 is 5.82 Å². The summed E-state index contributed by atoms with van der Waals surface area (Å²) in [5, 5.41) is 6.80. The molecule has 1 aliphatic rings. The summed E-state index contributed by atoms with van der Waals surface area (Å²) in [6.07, 6.45) is 6.46. The Bertz CT molecular complexity index is 826. The van der Waals surface area contributed by atoms with Crippen molar-refractivity contribution in [1.29, 1.82) is 0 Å². The summed E-state index contributed by atoms with van der Waals surface area (Å²) in [5.41, 5.74) is 3.38. The number of hydrogen-bond donors (Lipinski definition) is 1. The van der Waals surface area contributed by atoms with E-state index in [0.717, 1.165) is 54.4 Å². The van der Waals surface area contributed by atoms with Gasteiger partial charge in [0, 0.05) is 36.8 Å². The zero-order valence-electron chi connectivity index (χ0n) is 14.3. The maximum absolute atomic E-state index is 5.55. The molecule has 3 aromatic rings. The number of benzene rings is 1. The molecule has 0 amide bonds. The predicted octanol–water partition coefficient (Wildman–Crippen LogP) is 2.87. The van der Waals surface area contributed by atoms with E-state index in [2.05, 4.69) is 49.3 Å². The van der Waals surface area contributed by atoms with Crippen LogP contribution in [0.1, 0.15) is 17.8 Å². The number of ether oxygens (including phenoxy) is 1.